The van der Waals surface area contributed by atoms with Crippen molar-refractivity contribution < 1.29 is 42.5 Å². The minimum Gasteiger partial charge on any atom is -0.507 e. The number of carbonyl (C=O) groups excluding carboxylic acids is 4. The van der Waals surface area contributed by atoms with Crippen molar-refractivity contribution in [2.45, 2.75) is 58.7 Å². The second kappa shape index (κ2) is 9.58. The van der Waals surface area contributed by atoms with Crippen LogP contribution in [0.2, 0.25) is 0 Å². The number of benzene rings is 1. The maximum atomic E-state index is 12.6. The van der Waals surface area contributed by atoms with Gasteiger partial charge in [0.15, 0.2) is 0 Å². The first-order valence-corrected chi connectivity index (χ1v) is 9.22. The molecule has 0 saturated heterocycles. The highest BCUT2D eigenvalue weighted by molar-refractivity contribution is 6.63. The fraction of sp³-hybridized carbons (Fsp3) is 0.500. The van der Waals surface area contributed by atoms with Crippen LogP contribution in [0.4, 0.5) is 8.78 Å². The van der Waals surface area contributed by atoms with E-state index in [2.05, 4.69) is 4.74 Å². The molecular formula is C20H22F2O7. The van der Waals surface area contributed by atoms with Gasteiger partial charge in [0, 0.05) is 18.9 Å². The Bertz CT molecular complexity index is 819. The smallest absolute Gasteiger partial charge is 0.387 e. The Balaban J connectivity index is 2.41. The number of phenols is 1. The van der Waals surface area contributed by atoms with E-state index in [0.29, 0.717) is 0 Å². The molecule has 7 nitrogen and oxygen atoms in total. The third-order valence-electron chi connectivity index (χ3n) is 4.88. The lowest BCUT2D eigenvalue weighted by Crippen LogP contribution is -2.27. The number of fused-ring (bicyclic) bond motifs is 1. The van der Waals surface area contributed by atoms with Crippen LogP contribution in [0.1, 0.15) is 55.5 Å². The zero-order valence-corrected chi connectivity index (χ0v) is 16.1. The first-order valence-electron chi connectivity index (χ1n) is 9.22. The van der Waals surface area contributed by atoms with Gasteiger partial charge in [-0.2, -0.15) is 8.78 Å². The van der Waals surface area contributed by atoms with Gasteiger partial charge in [0.25, 0.3) is 5.78 Å². The maximum absolute atomic E-state index is 12.6. The summed E-state index contributed by atoms with van der Waals surface area (Å²) >= 11 is 0. The predicted octanol–water partition coefficient (Wildman–Crippen LogP) is 3.00. The standard InChI is InChI=1S/C20H22F2O7/c1-10-6-7-15(24)18(26)14(23)5-3-4-12-8-13(29-20(21)22)9-16(25)17(12)19(27)28-11(10)2/h8-11,20,25H,3-7H2,1-2H3/t10-,11+/m1/s1. The number of rotatable bonds is 2. The SMILES string of the molecule is C[C@@H]1CCC(=O)C(=O)C(=O)CCCc2cc(OC(F)F)cc(O)c2C(=O)O[C@H]1C. The first kappa shape index (κ1) is 22.4. The van der Waals surface area contributed by atoms with Gasteiger partial charge in [-0.25, -0.2) is 4.79 Å². The molecule has 0 spiro atoms. The summed E-state index contributed by atoms with van der Waals surface area (Å²) in [6.07, 6.45) is -0.771. The number of aryl methyl sites for hydroxylation is 1. The van der Waals surface area contributed by atoms with Crippen LogP contribution in [0.5, 0.6) is 11.5 Å². The number of aromatic hydroxyl groups is 1. The van der Waals surface area contributed by atoms with Crippen molar-refractivity contribution in [3.05, 3.63) is 23.3 Å². The molecule has 0 saturated carbocycles. The number of cyclic esters (lactones) is 1. The van der Waals surface area contributed by atoms with E-state index in [0.717, 1.165) is 12.1 Å². The van der Waals surface area contributed by atoms with E-state index in [1.54, 1.807) is 13.8 Å². The van der Waals surface area contributed by atoms with Crippen molar-refractivity contribution in [2.75, 3.05) is 0 Å². The summed E-state index contributed by atoms with van der Waals surface area (Å²) in [5, 5.41) is 10.2. The highest BCUT2D eigenvalue weighted by Gasteiger charge is 2.28. The number of phenolic OH excluding ortho intramolecular Hbond substituents is 1. The van der Waals surface area contributed by atoms with Crippen molar-refractivity contribution in [2.24, 2.45) is 5.92 Å². The Morgan fingerprint density at radius 2 is 1.72 bits per heavy atom. The van der Waals surface area contributed by atoms with E-state index in [4.69, 9.17) is 4.74 Å². The fourth-order valence-corrected chi connectivity index (χ4v) is 3.02. The third kappa shape index (κ3) is 5.82. The van der Waals surface area contributed by atoms with Crippen molar-refractivity contribution in [1.82, 2.24) is 0 Å². The average molecular weight is 412 g/mol. The van der Waals surface area contributed by atoms with Crippen LogP contribution in [0.3, 0.4) is 0 Å². The van der Waals surface area contributed by atoms with Gasteiger partial charge >= 0.3 is 12.6 Å². The van der Waals surface area contributed by atoms with Crippen LogP contribution in [0.15, 0.2) is 12.1 Å². The van der Waals surface area contributed by atoms with Gasteiger partial charge in [-0.15, -0.1) is 0 Å². The van der Waals surface area contributed by atoms with Crippen LogP contribution in [-0.2, 0) is 25.5 Å². The molecule has 0 aromatic heterocycles. The van der Waals surface area contributed by atoms with Crippen LogP contribution in [0.25, 0.3) is 0 Å². The van der Waals surface area contributed by atoms with Crippen molar-refractivity contribution in [1.29, 1.82) is 0 Å². The van der Waals surface area contributed by atoms with E-state index in [1.165, 1.54) is 0 Å². The third-order valence-corrected chi connectivity index (χ3v) is 4.88. The monoisotopic (exact) mass is 412 g/mol. The van der Waals surface area contributed by atoms with Gasteiger partial charge in [0.05, 0.1) is 0 Å². The first-order chi connectivity index (χ1) is 13.6. The van der Waals surface area contributed by atoms with Crippen LogP contribution >= 0.6 is 0 Å². The number of alkyl halides is 2. The molecule has 0 amide bonds. The van der Waals surface area contributed by atoms with Gasteiger partial charge < -0.3 is 14.6 Å². The van der Waals surface area contributed by atoms with E-state index < -0.39 is 41.8 Å². The second-order valence-corrected chi connectivity index (χ2v) is 7.01. The summed E-state index contributed by atoms with van der Waals surface area (Å²) < 4.78 is 34.7. The molecular weight excluding hydrogens is 390 g/mol. The molecule has 1 N–H and O–H groups in total. The van der Waals surface area contributed by atoms with Gasteiger partial charge in [0.2, 0.25) is 11.6 Å². The molecule has 1 heterocycles. The van der Waals surface area contributed by atoms with Crippen molar-refractivity contribution in [3.8, 4) is 11.5 Å². The molecule has 0 aliphatic carbocycles. The molecule has 0 unspecified atom stereocenters. The minimum absolute atomic E-state index is 0.00439. The Hall–Kier alpha value is -2.84. The highest BCUT2D eigenvalue weighted by Crippen LogP contribution is 2.31. The van der Waals surface area contributed by atoms with Gasteiger partial charge in [0.1, 0.15) is 23.2 Å². The van der Waals surface area contributed by atoms with E-state index in [9.17, 15) is 33.1 Å². The molecule has 0 radical (unpaired) electrons. The average Bonchev–Trinajstić information content (AvgIpc) is 2.63. The molecule has 0 fully saturated rings. The van der Waals surface area contributed by atoms with Gasteiger partial charge in [-0.1, -0.05) is 6.92 Å². The van der Waals surface area contributed by atoms with Crippen molar-refractivity contribution in [3.63, 3.8) is 0 Å². The molecule has 0 bridgehead atoms. The van der Waals surface area contributed by atoms with E-state index >= 15 is 0 Å². The van der Waals surface area contributed by atoms with Crippen LogP contribution in [-0.4, -0.2) is 41.1 Å². The largest absolute Gasteiger partial charge is 0.507 e. The van der Waals surface area contributed by atoms with Gasteiger partial charge in [-0.05, 0) is 43.7 Å². The van der Waals surface area contributed by atoms with Crippen molar-refractivity contribution >= 4 is 23.3 Å². The minimum atomic E-state index is -3.14. The Morgan fingerprint density at radius 1 is 1.07 bits per heavy atom. The topological polar surface area (TPSA) is 107 Å². The summed E-state index contributed by atoms with van der Waals surface area (Å²) in [6, 6.07) is 2.04. The van der Waals surface area contributed by atoms with E-state index in [1.807, 2.05) is 0 Å². The molecule has 1 aromatic carbocycles. The Kier molecular flexibility index (Phi) is 7.41. The molecule has 158 valence electrons. The number of ether oxygens (including phenoxy) is 2. The Morgan fingerprint density at radius 3 is 2.38 bits per heavy atom. The number of halogens is 2. The van der Waals surface area contributed by atoms with Crippen LogP contribution < -0.4 is 4.74 Å². The summed E-state index contributed by atoms with van der Waals surface area (Å²) in [4.78, 5) is 48.4. The summed E-state index contributed by atoms with van der Waals surface area (Å²) in [5.41, 5.74) is -0.0771. The maximum Gasteiger partial charge on any atom is 0.387 e. The summed E-state index contributed by atoms with van der Waals surface area (Å²) in [6.45, 7) is 0.171. The molecule has 9 heteroatoms. The normalized spacial score (nSPS) is 22.1. The molecule has 1 aliphatic heterocycles. The number of ketones is 3. The molecule has 29 heavy (non-hydrogen) atoms. The quantitative estimate of drug-likeness (QED) is 0.588. The molecule has 2 rings (SSSR count). The number of hydrogen-bond donors (Lipinski definition) is 1. The zero-order valence-electron chi connectivity index (χ0n) is 16.1. The molecule has 2 atom stereocenters. The lowest BCUT2D eigenvalue weighted by Gasteiger charge is -2.22. The summed E-state index contributed by atoms with van der Waals surface area (Å²) in [7, 11) is 0. The fourth-order valence-electron chi connectivity index (χ4n) is 3.02. The van der Waals surface area contributed by atoms with Gasteiger partial charge in [-0.3, -0.25) is 14.4 Å². The zero-order chi connectivity index (χ0) is 21.7. The Labute approximate surface area is 166 Å². The molecule has 1 aromatic rings. The number of Topliss-reactive ketones (excluding diaryl/α,β-unsaturated/α-hetero) is 3. The number of hydrogen-bond acceptors (Lipinski definition) is 7. The lowest BCUT2D eigenvalue weighted by molar-refractivity contribution is -0.144. The van der Waals surface area contributed by atoms with E-state index in [-0.39, 0.29) is 54.9 Å². The lowest BCUT2D eigenvalue weighted by atomic mass is 9.94. The van der Waals surface area contributed by atoms with Crippen LogP contribution in [0, 0.1) is 5.92 Å². The number of esters is 1. The highest BCUT2D eigenvalue weighted by atomic mass is 19.3. The molecule has 1 aliphatic rings. The number of carbonyl (C=O) groups is 4. The predicted molar refractivity (Wildman–Crippen MR) is 96.0 cm³/mol. The summed E-state index contributed by atoms with van der Waals surface area (Å²) in [5.74, 6) is -4.81. The second-order valence-electron chi connectivity index (χ2n) is 7.01.